The first-order valence-corrected chi connectivity index (χ1v) is 6.75. The zero-order valence-electron chi connectivity index (χ0n) is 11.6. The van der Waals surface area contributed by atoms with E-state index in [9.17, 15) is 25.0 Å². The number of carbonyl (C=O) groups excluding carboxylic acids is 1. The molecule has 128 valence electrons. The molecule has 1 unspecified atom stereocenters. The highest BCUT2D eigenvalue weighted by atomic mass is 35.5. The van der Waals surface area contributed by atoms with E-state index in [-0.39, 0.29) is 12.4 Å². The predicted octanol–water partition coefficient (Wildman–Crippen LogP) is -2.31. The molecule has 1 aliphatic heterocycles. The summed E-state index contributed by atoms with van der Waals surface area (Å²) in [5.41, 5.74) is -2.64. The fourth-order valence-corrected chi connectivity index (χ4v) is 2.12. The molecule has 1 saturated heterocycles. The number of hydrogen-bond acceptors (Lipinski definition) is 9. The Labute approximate surface area is 130 Å². The maximum Gasteiger partial charge on any atom is 0.342 e. The number of urea groups is 1. The molecule has 1 rings (SSSR count). The van der Waals surface area contributed by atoms with Gasteiger partial charge in [-0.15, -0.1) is 16.5 Å². The highest BCUT2D eigenvalue weighted by molar-refractivity contribution is 6.18. The molecule has 1 fully saturated rings. The van der Waals surface area contributed by atoms with E-state index >= 15 is 0 Å². The molecule has 1 heterocycles. The molecule has 12 heteroatoms. The van der Waals surface area contributed by atoms with Gasteiger partial charge in [-0.25, -0.2) is 4.79 Å². The van der Waals surface area contributed by atoms with Gasteiger partial charge in [-0.3, -0.25) is 0 Å². The molecule has 0 bridgehead atoms. The van der Waals surface area contributed by atoms with E-state index < -0.39 is 43.0 Å². The van der Waals surface area contributed by atoms with Gasteiger partial charge in [0.2, 0.25) is 0 Å². The molecule has 0 saturated carbocycles. The molecular weight excluding hydrogens is 326 g/mol. The van der Waals surface area contributed by atoms with Crippen LogP contribution < -0.4 is 5.32 Å². The number of nitroso groups, excluding NO2 is 1. The van der Waals surface area contributed by atoms with Crippen molar-refractivity contribution in [3.8, 4) is 0 Å². The van der Waals surface area contributed by atoms with Crippen molar-refractivity contribution in [3.05, 3.63) is 4.91 Å². The molecule has 0 aliphatic carbocycles. The normalized spacial score (nSPS) is 35.0. The molecule has 22 heavy (non-hydrogen) atoms. The van der Waals surface area contributed by atoms with Gasteiger partial charge in [-0.05, 0) is 0 Å². The van der Waals surface area contributed by atoms with E-state index in [1.807, 2.05) is 5.32 Å². The van der Waals surface area contributed by atoms with E-state index in [0.717, 1.165) is 7.11 Å². The van der Waals surface area contributed by atoms with Crippen molar-refractivity contribution < 1.29 is 34.7 Å². The third-order valence-corrected chi connectivity index (χ3v) is 3.34. The number of rotatable bonds is 6. The van der Waals surface area contributed by atoms with Crippen molar-refractivity contribution in [2.45, 2.75) is 30.3 Å². The van der Waals surface area contributed by atoms with Crippen LogP contribution in [0.15, 0.2) is 5.29 Å². The first-order chi connectivity index (χ1) is 10.3. The van der Waals surface area contributed by atoms with Crippen molar-refractivity contribution in [2.75, 3.05) is 26.1 Å². The summed E-state index contributed by atoms with van der Waals surface area (Å²) in [7, 11) is 1.15. The molecule has 11 nitrogen and oxygen atoms in total. The van der Waals surface area contributed by atoms with Crippen molar-refractivity contribution in [1.29, 1.82) is 0 Å². The molecule has 0 aromatic carbocycles. The minimum absolute atomic E-state index is 0.105. The largest absolute Gasteiger partial charge is 0.394 e. The third kappa shape index (κ3) is 3.63. The van der Waals surface area contributed by atoms with Gasteiger partial charge in [0.1, 0.15) is 12.2 Å². The predicted molar refractivity (Wildman–Crippen MR) is 71.5 cm³/mol. The van der Waals surface area contributed by atoms with Crippen LogP contribution in [0.2, 0.25) is 0 Å². The van der Waals surface area contributed by atoms with Crippen LogP contribution in [0.1, 0.15) is 0 Å². The standard InChI is InChI=1S/C10H18ClN3O8/c1-21-8-7(17)10(19,6(16)5(4-15)22-8)12-9(18)14(13-20)3-2-11/h5-8,15-17,19H,2-4H2,1H3,(H,12,18)/t5-,6-,7+,8?,10+/m1/s1. The lowest BCUT2D eigenvalue weighted by Gasteiger charge is -2.47. The Balaban J connectivity index is 2.99. The number of nitrogens with zero attached hydrogens (tertiary/aromatic N) is 2. The first kappa shape index (κ1) is 19.0. The van der Waals surface area contributed by atoms with E-state index in [2.05, 4.69) is 5.29 Å². The first-order valence-electron chi connectivity index (χ1n) is 6.22. The molecule has 5 atom stereocenters. The fourth-order valence-electron chi connectivity index (χ4n) is 1.96. The van der Waals surface area contributed by atoms with Crippen LogP contribution in [0.4, 0.5) is 4.79 Å². The highest BCUT2D eigenvalue weighted by Gasteiger charge is 2.56. The summed E-state index contributed by atoms with van der Waals surface area (Å²) in [5.74, 6) is -0.105. The number of hydrogen-bond donors (Lipinski definition) is 5. The number of nitrogens with one attached hydrogen (secondary N) is 1. The Bertz CT molecular complexity index is 384. The van der Waals surface area contributed by atoms with Gasteiger partial charge in [0.15, 0.2) is 18.1 Å². The molecular formula is C10H18ClN3O8. The molecule has 0 spiro atoms. The van der Waals surface area contributed by atoms with Crippen LogP contribution in [0.5, 0.6) is 0 Å². The Morgan fingerprint density at radius 2 is 2.14 bits per heavy atom. The second kappa shape index (κ2) is 7.97. The zero-order chi connectivity index (χ0) is 16.9. The Morgan fingerprint density at radius 3 is 2.59 bits per heavy atom. The highest BCUT2D eigenvalue weighted by Crippen LogP contribution is 2.28. The van der Waals surface area contributed by atoms with Crippen molar-refractivity contribution in [3.63, 3.8) is 0 Å². The second-order valence-electron chi connectivity index (χ2n) is 4.50. The van der Waals surface area contributed by atoms with Crippen LogP contribution >= 0.6 is 11.6 Å². The van der Waals surface area contributed by atoms with Crippen LogP contribution in [-0.2, 0) is 9.47 Å². The molecule has 0 aromatic rings. The Morgan fingerprint density at radius 1 is 1.50 bits per heavy atom. The van der Waals surface area contributed by atoms with E-state index in [1.165, 1.54) is 0 Å². The summed E-state index contributed by atoms with van der Waals surface area (Å²) in [6.07, 6.45) is -6.57. The number of ether oxygens (including phenoxy) is 2. The number of amides is 2. The van der Waals surface area contributed by atoms with E-state index in [0.29, 0.717) is 5.01 Å². The van der Waals surface area contributed by atoms with Crippen LogP contribution in [0.3, 0.4) is 0 Å². The van der Waals surface area contributed by atoms with Gasteiger partial charge in [0.25, 0.3) is 0 Å². The molecule has 0 aromatic heterocycles. The van der Waals surface area contributed by atoms with Gasteiger partial charge >= 0.3 is 6.03 Å². The summed E-state index contributed by atoms with van der Waals surface area (Å²) < 4.78 is 9.79. The average molecular weight is 344 g/mol. The van der Waals surface area contributed by atoms with Gasteiger partial charge in [0, 0.05) is 13.0 Å². The minimum Gasteiger partial charge on any atom is -0.394 e. The number of halogens is 1. The number of alkyl halides is 1. The Hall–Kier alpha value is -1.08. The Kier molecular flexibility index (Phi) is 6.87. The molecule has 5 N–H and O–H groups in total. The second-order valence-corrected chi connectivity index (χ2v) is 4.88. The van der Waals surface area contributed by atoms with Gasteiger partial charge in [-0.2, -0.15) is 5.01 Å². The lowest BCUT2D eigenvalue weighted by Crippen LogP contribution is -2.74. The lowest BCUT2D eigenvalue weighted by atomic mass is 9.92. The van der Waals surface area contributed by atoms with Gasteiger partial charge in [-0.1, -0.05) is 0 Å². The van der Waals surface area contributed by atoms with Gasteiger partial charge < -0.3 is 35.2 Å². The number of aliphatic hydroxyl groups excluding tert-OH is 3. The summed E-state index contributed by atoms with van der Waals surface area (Å²) in [6.45, 7) is -0.976. The minimum atomic E-state index is -2.64. The summed E-state index contributed by atoms with van der Waals surface area (Å²) in [4.78, 5) is 22.4. The molecule has 1 aliphatic rings. The van der Waals surface area contributed by atoms with E-state index in [1.54, 1.807) is 0 Å². The van der Waals surface area contributed by atoms with Crippen molar-refractivity contribution in [2.24, 2.45) is 5.29 Å². The maximum absolute atomic E-state index is 11.9. The SMILES string of the molecule is COC1O[C@H](CO)[C@@H](O)[C@@](O)(NC(=O)N(CCCl)N=O)[C@H]1O. The van der Waals surface area contributed by atoms with E-state index in [4.69, 9.17) is 26.2 Å². The van der Waals surface area contributed by atoms with Crippen LogP contribution in [0, 0.1) is 4.91 Å². The fraction of sp³-hybridized carbons (Fsp3) is 0.900. The summed E-state index contributed by atoms with van der Waals surface area (Å²) >= 11 is 5.39. The monoisotopic (exact) mass is 343 g/mol. The third-order valence-electron chi connectivity index (χ3n) is 3.17. The topological polar surface area (TPSA) is 161 Å². The number of methoxy groups -OCH3 is 1. The van der Waals surface area contributed by atoms with Crippen molar-refractivity contribution >= 4 is 17.6 Å². The van der Waals surface area contributed by atoms with Crippen molar-refractivity contribution in [1.82, 2.24) is 10.3 Å². The number of carbonyl (C=O) groups is 1. The van der Waals surface area contributed by atoms with Gasteiger partial charge in [0.05, 0.1) is 18.4 Å². The average Bonchev–Trinajstić information content (AvgIpc) is 2.51. The smallest absolute Gasteiger partial charge is 0.342 e. The molecule has 0 radical (unpaired) electrons. The van der Waals surface area contributed by atoms with Crippen LogP contribution in [0.25, 0.3) is 0 Å². The van der Waals surface area contributed by atoms with Crippen LogP contribution in [-0.4, -0.2) is 87.9 Å². The summed E-state index contributed by atoms with van der Waals surface area (Å²) in [6, 6.07) is -1.20. The lowest BCUT2D eigenvalue weighted by molar-refractivity contribution is -0.332. The quantitative estimate of drug-likeness (QED) is 0.155. The molecule has 2 amide bonds. The summed E-state index contributed by atoms with van der Waals surface area (Å²) in [5, 5.41) is 44.1. The maximum atomic E-state index is 11.9. The zero-order valence-corrected chi connectivity index (χ0v) is 12.4. The number of aliphatic hydroxyl groups is 4.